The van der Waals surface area contributed by atoms with Gasteiger partial charge in [0.1, 0.15) is 0 Å². The predicted octanol–water partition coefficient (Wildman–Crippen LogP) is 33.4. The number of hydrogen-bond acceptors (Lipinski definition) is 0. The van der Waals surface area contributed by atoms with Gasteiger partial charge in [0, 0.05) is 21.7 Å². The summed E-state index contributed by atoms with van der Waals surface area (Å²) in [7, 11) is 0. The minimum absolute atomic E-state index is 0.0979. The summed E-state index contributed by atoms with van der Waals surface area (Å²) in [4.78, 5) is 0. The average molecular weight is 1600 g/mol. The molecule has 0 aliphatic heterocycles. The van der Waals surface area contributed by atoms with Crippen LogP contribution < -0.4 is 0 Å². The number of hydrogen-bond donors (Lipinski definition) is 0. The molecule has 0 saturated carbocycles. The van der Waals surface area contributed by atoms with Crippen LogP contribution in [-0.2, 0) is 27.1 Å². The molecule has 0 bridgehead atoms. The van der Waals surface area contributed by atoms with Crippen LogP contribution in [0.1, 0.15) is 163 Å². The summed E-state index contributed by atoms with van der Waals surface area (Å²) in [6, 6.07) is 141. The maximum Gasteiger partial charge on any atom is 0.0719 e. The zero-order chi connectivity index (χ0) is 85.1. The van der Waals surface area contributed by atoms with Crippen LogP contribution in [0, 0.1) is 34.6 Å². The number of aryl methyl sites for hydroxylation is 5. The molecule has 5 aliphatic carbocycles. The van der Waals surface area contributed by atoms with Crippen molar-refractivity contribution in [1.29, 1.82) is 0 Å². The van der Waals surface area contributed by atoms with Crippen molar-refractivity contribution >= 4 is 53.9 Å². The molecular weight excluding hydrogens is 1490 g/mol. The van der Waals surface area contributed by atoms with Gasteiger partial charge in [0.25, 0.3) is 0 Å². The van der Waals surface area contributed by atoms with E-state index < -0.39 is 5.41 Å². The molecule has 2 unspecified atom stereocenters. The lowest BCUT2D eigenvalue weighted by atomic mass is 9.66. The van der Waals surface area contributed by atoms with Crippen LogP contribution in [0.15, 0.2) is 382 Å². The standard InChI is InChI=1S/C42H30.2C21H20.2C20H18/c1-29-16-27-40-39(28-29)38-26-21-34-14-8-9-15-37(34)41(38)42(40,35-22-17-32(18-23-35)30-10-4-2-5-11-30)36-24-19-33(20-25-36)31-12-6-3-7-13-31;1-4-21(3)18-11-9-14(2)13-17(18)20-16-8-6-5-7-15(16)10-12-19(20)21;1-4-21(3)18-12-10-15-7-5-6-8-16(15)20(18)17-11-9-14(2)13-19(17)21;1-13-8-10-17-16(12-13)19-15-7-5-4-6-14(15)9-11-18(19)20(17,2)3;1-13-8-10-16-18(12-13)20(2,3)17-11-9-14-6-4-5-7-15(14)19(16)17/h2-28H,1H3;2*5-13H,4H2,1-3H3;2*4-12H,1-3H3. The van der Waals surface area contributed by atoms with Crippen molar-refractivity contribution in [2.45, 2.75) is 130 Å². The highest BCUT2D eigenvalue weighted by Gasteiger charge is 2.48. The Labute approximate surface area is 733 Å². The predicted molar refractivity (Wildman–Crippen MR) is 531 cm³/mol. The van der Waals surface area contributed by atoms with Gasteiger partial charge in [-0.2, -0.15) is 0 Å². The summed E-state index contributed by atoms with van der Waals surface area (Å²) in [6.45, 7) is 29.7. The van der Waals surface area contributed by atoms with Crippen LogP contribution in [0.2, 0.25) is 0 Å². The first-order valence-corrected chi connectivity index (χ1v) is 44.7. The zero-order valence-corrected chi connectivity index (χ0v) is 73.8. The van der Waals surface area contributed by atoms with Crippen molar-refractivity contribution in [1.82, 2.24) is 0 Å². The molecule has 24 rings (SSSR count). The first kappa shape index (κ1) is 79.0. The second-order valence-electron chi connectivity index (χ2n) is 37.0. The highest BCUT2D eigenvalue weighted by atomic mass is 14.5. The Bertz CT molecular complexity index is 7350. The number of fused-ring (bicyclic) bond motifs is 25. The molecule has 0 amide bonds. The molecule has 0 spiro atoms. The Morgan fingerprint density at radius 3 is 0.944 bits per heavy atom. The topological polar surface area (TPSA) is 0 Å². The summed E-state index contributed by atoms with van der Waals surface area (Å²) >= 11 is 0. The molecule has 2 atom stereocenters. The number of benzene rings is 19. The van der Waals surface area contributed by atoms with Gasteiger partial charge in [-0.1, -0.05) is 465 Å². The Kier molecular flexibility index (Phi) is 19.6. The minimum atomic E-state index is -0.455. The fourth-order valence-corrected chi connectivity index (χ4v) is 22.1. The molecule has 0 saturated heterocycles. The van der Waals surface area contributed by atoms with E-state index in [1.165, 1.54) is 226 Å². The lowest BCUT2D eigenvalue weighted by molar-refractivity contribution is 0.564. The highest BCUT2D eigenvalue weighted by Crippen LogP contribution is 2.61. The van der Waals surface area contributed by atoms with Crippen LogP contribution in [-0.4, -0.2) is 0 Å². The quantitative estimate of drug-likeness (QED) is 0.156. The molecule has 19 aromatic rings. The van der Waals surface area contributed by atoms with Gasteiger partial charge in [-0.15, -0.1) is 0 Å². The summed E-state index contributed by atoms with van der Waals surface area (Å²) in [5, 5.41) is 13.4. The molecule has 0 radical (unpaired) electrons. The third-order valence-electron chi connectivity index (χ3n) is 29.0. The van der Waals surface area contributed by atoms with Gasteiger partial charge in [0.2, 0.25) is 0 Å². The van der Waals surface area contributed by atoms with Crippen molar-refractivity contribution in [3.05, 3.63) is 477 Å². The van der Waals surface area contributed by atoms with E-state index in [0.717, 1.165) is 12.8 Å². The van der Waals surface area contributed by atoms with Crippen LogP contribution in [0.25, 0.3) is 132 Å². The molecule has 0 heterocycles. The van der Waals surface area contributed by atoms with E-state index in [-0.39, 0.29) is 21.7 Å². The van der Waals surface area contributed by atoms with Crippen LogP contribution >= 0.6 is 0 Å². The first-order valence-electron chi connectivity index (χ1n) is 44.7. The van der Waals surface area contributed by atoms with Gasteiger partial charge >= 0.3 is 0 Å². The monoisotopic (exact) mass is 1590 g/mol. The summed E-state index contributed by atoms with van der Waals surface area (Å²) in [6.07, 6.45) is 2.27. The van der Waals surface area contributed by atoms with Crippen molar-refractivity contribution < 1.29 is 0 Å². The van der Waals surface area contributed by atoms with Crippen molar-refractivity contribution in [3.63, 3.8) is 0 Å². The Morgan fingerprint density at radius 1 is 0.194 bits per heavy atom. The largest absolute Gasteiger partial charge is 0.0719 e. The maximum absolute atomic E-state index is 2.39. The summed E-state index contributed by atoms with van der Waals surface area (Å²) < 4.78 is 0. The van der Waals surface area contributed by atoms with Gasteiger partial charge in [-0.25, -0.2) is 0 Å². The normalized spacial score (nSPS) is 15.9. The second kappa shape index (κ2) is 30.8. The molecule has 0 heteroatoms. The van der Waals surface area contributed by atoms with E-state index in [0.29, 0.717) is 0 Å². The molecular formula is C124H106. The molecule has 124 heavy (non-hydrogen) atoms. The minimum Gasteiger partial charge on any atom is -0.0642 e. The van der Waals surface area contributed by atoms with Crippen LogP contribution in [0.5, 0.6) is 0 Å². The Hall–Kier alpha value is -13.5. The third-order valence-corrected chi connectivity index (χ3v) is 29.0. The van der Waals surface area contributed by atoms with Crippen LogP contribution in [0.3, 0.4) is 0 Å². The van der Waals surface area contributed by atoms with E-state index in [1.807, 2.05) is 0 Å². The lowest BCUT2D eigenvalue weighted by Gasteiger charge is -2.35. The van der Waals surface area contributed by atoms with E-state index in [9.17, 15) is 0 Å². The molecule has 0 aromatic heterocycles. The van der Waals surface area contributed by atoms with Gasteiger partial charge in [0.05, 0.1) is 5.41 Å². The fourth-order valence-electron chi connectivity index (χ4n) is 22.1. The second-order valence-corrected chi connectivity index (χ2v) is 37.0. The Morgan fingerprint density at radius 2 is 0.484 bits per heavy atom. The van der Waals surface area contributed by atoms with E-state index in [4.69, 9.17) is 0 Å². The number of rotatable bonds is 6. The van der Waals surface area contributed by atoms with Crippen LogP contribution in [0.4, 0.5) is 0 Å². The van der Waals surface area contributed by atoms with Gasteiger partial charge < -0.3 is 0 Å². The summed E-state index contributed by atoms with van der Waals surface area (Å²) in [5.41, 5.74) is 42.8. The van der Waals surface area contributed by atoms with Gasteiger partial charge in [-0.3, -0.25) is 0 Å². The Balaban J connectivity index is 0.000000103. The summed E-state index contributed by atoms with van der Waals surface area (Å²) in [5.74, 6) is 0. The molecule has 0 N–H and O–H groups in total. The molecule has 19 aromatic carbocycles. The first-order chi connectivity index (χ1) is 60.2. The smallest absolute Gasteiger partial charge is 0.0642 e. The van der Waals surface area contributed by atoms with Crippen molar-refractivity contribution in [2.24, 2.45) is 0 Å². The van der Waals surface area contributed by atoms with Gasteiger partial charge in [-0.05, 0) is 246 Å². The van der Waals surface area contributed by atoms with Crippen molar-refractivity contribution in [2.75, 3.05) is 0 Å². The third kappa shape index (κ3) is 12.8. The zero-order valence-electron chi connectivity index (χ0n) is 73.8. The van der Waals surface area contributed by atoms with E-state index >= 15 is 0 Å². The molecule has 0 fully saturated rings. The van der Waals surface area contributed by atoms with Crippen molar-refractivity contribution in [3.8, 4) is 77.9 Å². The highest BCUT2D eigenvalue weighted by molar-refractivity contribution is 6.07. The lowest BCUT2D eigenvalue weighted by Crippen LogP contribution is -2.29. The molecule has 0 nitrogen and oxygen atoms in total. The molecule has 602 valence electrons. The fraction of sp³-hybridized carbons (Fsp3) is 0.161. The SMILES string of the molecule is CCC1(C)c2cc(C)ccc2-c2c1ccc1ccccc21.CCC1(C)c2ccc(C)cc2-c2c1ccc1ccccc21.Cc1ccc2c(c1)-c1c(ccc3ccccc13)C2(C)C.Cc1ccc2c(c1)-c1ccc3ccccc3c1C2(c1ccc(-c2ccccc2)cc1)c1ccc(-c2ccccc2)cc1.Cc1ccc2c(c1)C(C)(C)c1ccc3ccccc3c1-2. The average Bonchev–Trinajstić information content (AvgIpc) is 1.51. The van der Waals surface area contributed by atoms with E-state index in [1.54, 1.807) is 0 Å². The van der Waals surface area contributed by atoms with Gasteiger partial charge in [0.15, 0.2) is 0 Å². The maximum atomic E-state index is 2.39. The molecule has 5 aliphatic rings. The van der Waals surface area contributed by atoms with E-state index in [2.05, 4.69) is 472 Å².